The molecule has 2 aliphatic rings. The number of hydrogen-bond acceptors (Lipinski definition) is 6. The number of nitrogens with zero attached hydrogens (tertiary/aromatic N) is 2. The fraction of sp³-hybridized carbons (Fsp3) is 0.438. The highest BCUT2D eigenvalue weighted by Gasteiger charge is 2.58. The molecule has 3 rings (SSSR count). The van der Waals surface area contributed by atoms with Gasteiger partial charge in [-0.05, 0) is 18.1 Å². The second-order valence-electron chi connectivity index (χ2n) is 6.37. The van der Waals surface area contributed by atoms with E-state index in [0.717, 1.165) is 12.1 Å². The first-order valence-electron chi connectivity index (χ1n) is 7.98. The number of carbonyl (C=O) groups is 3. The van der Waals surface area contributed by atoms with Crippen molar-refractivity contribution in [3.05, 3.63) is 33.9 Å². The van der Waals surface area contributed by atoms with E-state index in [9.17, 15) is 24.5 Å². The lowest BCUT2D eigenvalue weighted by atomic mass is 9.67. The summed E-state index contributed by atoms with van der Waals surface area (Å²) in [7, 11) is 1.75. The summed E-state index contributed by atoms with van der Waals surface area (Å²) in [6.07, 6.45) is 1.29. The van der Waals surface area contributed by atoms with Crippen LogP contribution in [0.25, 0.3) is 0 Å². The molecule has 1 atom stereocenters. The van der Waals surface area contributed by atoms with Crippen molar-refractivity contribution in [2.45, 2.75) is 32.2 Å². The van der Waals surface area contributed by atoms with Gasteiger partial charge in [-0.2, -0.15) is 0 Å². The monoisotopic (exact) mass is 346 g/mol. The van der Waals surface area contributed by atoms with Crippen LogP contribution >= 0.6 is 0 Å². The number of nitro benzene ring substituents is 1. The van der Waals surface area contributed by atoms with Crippen LogP contribution in [0.1, 0.15) is 25.3 Å². The van der Waals surface area contributed by atoms with Crippen molar-refractivity contribution in [2.24, 2.45) is 5.41 Å². The highest BCUT2D eigenvalue weighted by atomic mass is 16.6. The van der Waals surface area contributed by atoms with Gasteiger partial charge in [-0.3, -0.25) is 30.3 Å². The fourth-order valence-electron chi connectivity index (χ4n) is 3.83. The molecule has 2 N–H and O–H groups in total. The summed E-state index contributed by atoms with van der Waals surface area (Å²) in [6.45, 7) is 1.94. The van der Waals surface area contributed by atoms with Crippen molar-refractivity contribution >= 4 is 29.2 Å². The Hall–Kier alpha value is -2.97. The van der Waals surface area contributed by atoms with Gasteiger partial charge in [-0.1, -0.05) is 13.3 Å². The average molecular weight is 346 g/mol. The van der Waals surface area contributed by atoms with Crippen LogP contribution in [0, 0.1) is 15.5 Å². The predicted octanol–water partition coefficient (Wildman–Crippen LogP) is 1.11. The third-order valence-electron chi connectivity index (χ3n) is 4.99. The Bertz CT molecular complexity index is 771. The first-order chi connectivity index (χ1) is 11.8. The third kappa shape index (κ3) is 2.43. The van der Waals surface area contributed by atoms with Crippen LogP contribution in [-0.2, 0) is 16.0 Å². The Kier molecular flexibility index (Phi) is 3.94. The molecule has 0 radical (unpaired) electrons. The van der Waals surface area contributed by atoms with Crippen LogP contribution in [0.3, 0.4) is 0 Å². The normalized spacial score (nSPS) is 21.6. The number of anilines is 1. The Balaban J connectivity index is 2.16. The zero-order valence-electron chi connectivity index (χ0n) is 13.9. The molecule has 9 heteroatoms. The Morgan fingerprint density at radius 3 is 2.48 bits per heavy atom. The lowest BCUT2D eigenvalue weighted by molar-refractivity contribution is -0.384. The Labute approximate surface area is 143 Å². The predicted molar refractivity (Wildman–Crippen MR) is 88.0 cm³/mol. The molecular formula is C16H18N4O5. The maximum atomic E-state index is 12.7. The molecule has 4 amide bonds. The van der Waals surface area contributed by atoms with Gasteiger partial charge in [-0.25, -0.2) is 4.79 Å². The first-order valence-corrected chi connectivity index (χ1v) is 7.98. The quantitative estimate of drug-likeness (QED) is 0.480. The van der Waals surface area contributed by atoms with E-state index in [1.165, 1.54) is 12.1 Å². The van der Waals surface area contributed by atoms with E-state index in [0.29, 0.717) is 12.0 Å². The Morgan fingerprint density at radius 1 is 1.28 bits per heavy atom. The zero-order valence-corrected chi connectivity index (χ0v) is 13.9. The molecule has 25 heavy (non-hydrogen) atoms. The smallest absolute Gasteiger partial charge is 0.328 e. The molecule has 2 aliphatic heterocycles. The summed E-state index contributed by atoms with van der Waals surface area (Å²) in [5, 5.41) is 15.4. The van der Waals surface area contributed by atoms with Gasteiger partial charge in [0.15, 0.2) is 5.41 Å². The second kappa shape index (κ2) is 5.83. The summed E-state index contributed by atoms with van der Waals surface area (Å²) in [4.78, 5) is 49.2. The summed E-state index contributed by atoms with van der Waals surface area (Å²) in [5.41, 5.74) is -0.333. The zero-order chi connectivity index (χ0) is 18.4. The van der Waals surface area contributed by atoms with E-state index in [1.54, 1.807) is 18.0 Å². The fourth-order valence-corrected chi connectivity index (χ4v) is 3.83. The van der Waals surface area contributed by atoms with Gasteiger partial charge in [0.1, 0.15) is 0 Å². The number of non-ortho nitro benzene ring substituents is 1. The van der Waals surface area contributed by atoms with Crippen molar-refractivity contribution in [1.29, 1.82) is 0 Å². The molecular weight excluding hydrogens is 328 g/mol. The van der Waals surface area contributed by atoms with Crippen molar-refractivity contribution in [3.8, 4) is 0 Å². The highest BCUT2D eigenvalue weighted by molar-refractivity contribution is 6.20. The first kappa shape index (κ1) is 16.9. The highest BCUT2D eigenvalue weighted by Crippen LogP contribution is 2.44. The minimum atomic E-state index is -1.50. The van der Waals surface area contributed by atoms with Gasteiger partial charge in [0.25, 0.3) is 5.69 Å². The van der Waals surface area contributed by atoms with Gasteiger partial charge < -0.3 is 4.90 Å². The molecule has 0 aromatic heterocycles. The maximum Gasteiger partial charge on any atom is 0.328 e. The number of fused-ring (bicyclic) bond motifs is 1. The summed E-state index contributed by atoms with van der Waals surface area (Å²) < 4.78 is 0. The molecule has 0 saturated carbocycles. The average Bonchev–Trinajstić information content (AvgIpc) is 2.55. The summed E-state index contributed by atoms with van der Waals surface area (Å²) in [5.74, 6) is -1.33. The van der Waals surface area contributed by atoms with Gasteiger partial charge in [0.05, 0.1) is 11.0 Å². The number of carbonyl (C=O) groups excluding carboxylic acids is 3. The minimum Gasteiger partial charge on any atom is -0.370 e. The molecule has 0 bridgehead atoms. The number of barbiturate groups is 1. The number of nitro groups is 1. The van der Waals surface area contributed by atoms with Gasteiger partial charge >= 0.3 is 6.03 Å². The van der Waals surface area contributed by atoms with E-state index in [4.69, 9.17) is 0 Å². The number of nitrogens with one attached hydrogen (secondary N) is 2. The van der Waals surface area contributed by atoms with Crippen molar-refractivity contribution < 1.29 is 19.3 Å². The molecule has 1 spiro atoms. The van der Waals surface area contributed by atoms with Crippen LogP contribution in [-0.4, -0.2) is 35.9 Å². The third-order valence-corrected chi connectivity index (χ3v) is 4.99. The van der Waals surface area contributed by atoms with Crippen LogP contribution in [0.5, 0.6) is 0 Å². The lowest BCUT2D eigenvalue weighted by Crippen LogP contribution is -2.70. The van der Waals surface area contributed by atoms with Crippen LogP contribution in [0.2, 0.25) is 0 Å². The van der Waals surface area contributed by atoms with E-state index < -0.39 is 34.2 Å². The van der Waals surface area contributed by atoms with E-state index >= 15 is 0 Å². The molecule has 132 valence electrons. The number of amides is 4. The number of imide groups is 2. The number of benzene rings is 1. The van der Waals surface area contributed by atoms with Crippen LogP contribution in [0.15, 0.2) is 18.2 Å². The van der Waals surface area contributed by atoms with Crippen LogP contribution in [0.4, 0.5) is 16.2 Å². The lowest BCUT2D eigenvalue weighted by Gasteiger charge is -2.49. The Morgan fingerprint density at radius 2 is 1.92 bits per heavy atom. The SMILES string of the molecule is CCCC1N(C)c2ccc([N+](=O)[O-])cc2CC12C(=O)NC(=O)NC2=O. The number of urea groups is 1. The van der Waals surface area contributed by atoms with Gasteiger partial charge in [0, 0.05) is 31.3 Å². The number of rotatable bonds is 3. The number of hydrogen-bond donors (Lipinski definition) is 2. The molecule has 1 aromatic carbocycles. The van der Waals surface area contributed by atoms with E-state index in [2.05, 4.69) is 10.6 Å². The van der Waals surface area contributed by atoms with Gasteiger partial charge in [-0.15, -0.1) is 0 Å². The second-order valence-corrected chi connectivity index (χ2v) is 6.37. The van der Waals surface area contributed by atoms with Crippen molar-refractivity contribution in [2.75, 3.05) is 11.9 Å². The maximum absolute atomic E-state index is 12.7. The standard InChI is InChI=1S/C16H18N4O5/c1-3-4-12-16(13(21)17-15(23)18-14(16)22)8-9-7-10(20(24)25)5-6-11(9)19(12)2/h5-7,12H,3-4,8H2,1-2H3,(H2,17,18,21,22,23). The molecule has 1 fully saturated rings. The van der Waals surface area contributed by atoms with Crippen molar-refractivity contribution in [1.82, 2.24) is 10.6 Å². The molecule has 9 nitrogen and oxygen atoms in total. The summed E-state index contributed by atoms with van der Waals surface area (Å²) in [6, 6.07) is 3.11. The molecule has 1 saturated heterocycles. The van der Waals surface area contributed by atoms with E-state index in [-0.39, 0.29) is 12.1 Å². The largest absolute Gasteiger partial charge is 0.370 e. The molecule has 0 aliphatic carbocycles. The van der Waals surface area contributed by atoms with Crippen molar-refractivity contribution in [3.63, 3.8) is 0 Å². The minimum absolute atomic E-state index is 0.00394. The molecule has 2 heterocycles. The van der Waals surface area contributed by atoms with Crippen LogP contribution < -0.4 is 15.5 Å². The van der Waals surface area contributed by atoms with E-state index in [1.807, 2.05) is 6.92 Å². The molecule has 1 unspecified atom stereocenters. The molecule has 1 aromatic rings. The van der Waals surface area contributed by atoms with Gasteiger partial charge in [0.2, 0.25) is 11.8 Å². The summed E-state index contributed by atoms with van der Waals surface area (Å²) >= 11 is 0. The topological polar surface area (TPSA) is 122 Å².